The first kappa shape index (κ1) is 18.2. The van der Waals surface area contributed by atoms with E-state index in [2.05, 4.69) is 5.32 Å². The molecule has 0 amide bonds. The molecular formula is C20H17Cl2NO3. The third-order valence-corrected chi connectivity index (χ3v) is 4.46. The summed E-state index contributed by atoms with van der Waals surface area (Å²) in [7, 11) is 1.59. The molecule has 3 aromatic carbocycles. The van der Waals surface area contributed by atoms with Gasteiger partial charge in [-0.15, -0.1) is 0 Å². The lowest BCUT2D eigenvalue weighted by Crippen LogP contribution is -2.09. The zero-order chi connectivity index (χ0) is 18.5. The summed E-state index contributed by atoms with van der Waals surface area (Å²) >= 11 is 12.7. The molecule has 0 aromatic heterocycles. The average molecular weight is 390 g/mol. The van der Waals surface area contributed by atoms with Crippen LogP contribution in [0.3, 0.4) is 0 Å². The summed E-state index contributed by atoms with van der Waals surface area (Å²) in [5, 5.41) is 14.0. The molecule has 2 N–H and O–H groups in total. The van der Waals surface area contributed by atoms with Gasteiger partial charge in [-0.05, 0) is 23.8 Å². The van der Waals surface area contributed by atoms with E-state index in [-0.39, 0.29) is 17.5 Å². The number of methoxy groups -OCH3 is 1. The van der Waals surface area contributed by atoms with E-state index in [0.717, 1.165) is 5.56 Å². The number of benzene rings is 3. The number of anilines is 1. The molecule has 0 aliphatic rings. The summed E-state index contributed by atoms with van der Waals surface area (Å²) in [6.07, 6.45) is 0. The molecule has 3 aromatic rings. The van der Waals surface area contributed by atoms with Crippen molar-refractivity contribution in [3.05, 3.63) is 70.7 Å². The van der Waals surface area contributed by atoms with Crippen molar-refractivity contribution in [2.45, 2.75) is 0 Å². The van der Waals surface area contributed by atoms with Crippen molar-refractivity contribution in [3.63, 3.8) is 0 Å². The van der Waals surface area contributed by atoms with Crippen LogP contribution in [0.4, 0.5) is 5.69 Å². The van der Waals surface area contributed by atoms with Crippen LogP contribution in [0.1, 0.15) is 0 Å². The second-order valence-electron chi connectivity index (χ2n) is 5.45. The summed E-state index contributed by atoms with van der Waals surface area (Å²) in [4.78, 5) is 0. The molecule has 0 bridgehead atoms. The number of aromatic hydroxyl groups is 1. The van der Waals surface area contributed by atoms with Gasteiger partial charge in [0, 0.05) is 11.6 Å². The van der Waals surface area contributed by atoms with Gasteiger partial charge in [-0.3, -0.25) is 0 Å². The van der Waals surface area contributed by atoms with Gasteiger partial charge in [0.25, 0.3) is 0 Å². The lowest BCUT2D eigenvalue weighted by Gasteiger charge is -2.15. The molecule has 3 rings (SSSR count). The Morgan fingerprint density at radius 3 is 2.42 bits per heavy atom. The predicted octanol–water partition coefficient (Wildman–Crippen LogP) is 5.82. The van der Waals surface area contributed by atoms with Crippen LogP contribution in [-0.4, -0.2) is 18.9 Å². The van der Waals surface area contributed by atoms with Crippen LogP contribution < -0.4 is 14.8 Å². The van der Waals surface area contributed by atoms with E-state index < -0.39 is 0 Å². The maximum absolute atomic E-state index is 10.4. The third-order valence-electron chi connectivity index (χ3n) is 3.80. The van der Waals surface area contributed by atoms with Crippen molar-refractivity contribution in [2.24, 2.45) is 0 Å². The number of halogens is 2. The van der Waals surface area contributed by atoms with Gasteiger partial charge in [-0.25, -0.2) is 0 Å². The monoisotopic (exact) mass is 389 g/mol. The van der Waals surface area contributed by atoms with Gasteiger partial charge in [0.2, 0.25) is 0 Å². The Morgan fingerprint density at radius 2 is 1.69 bits per heavy atom. The molecule has 0 aliphatic carbocycles. The van der Waals surface area contributed by atoms with Gasteiger partial charge in [0.05, 0.1) is 22.8 Å². The van der Waals surface area contributed by atoms with Gasteiger partial charge in [-0.1, -0.05) is 59.6 Å². The van der Waals surface area contributed by atoms with E-state index >= 15 is 0 Å². The Bertz CT molecular complexity index is 901. The molecule has 0 atom stereocenters. The molecular weight excluding hydrogens is 373 g/mol. The number of phenolic OH excluding ortho intramolecular Hbond substituents is 1. The summed E-state index contributed by atoms with van der Waals surface area (Å²) in [5.41, 5.74) is 1.81. The Labute approximate surface area is 161 Å². The maximum atomic E-state index is 10.4. The fraction of sp³-hybridized carbons (Fsp3) is 0.100. The number of rotatable bonds is 6. The van der Waals surface area contributed by atoms with Crippen LogP contribution in [0, 0.1) is 0 Å². The zero-order valence-electron chi connectivity index (χ0n) is 14.0. The highest BCUT2D eigenvalue weighted by atomic mass is 35.5. The van der Waals surface area contributed by atoms with E-state index in [9.17, 15) is 5.11 Å². The Hall–Kier alpha value is -2.56. The normalized spacial score (nSPS) is 10.4. The van der Waals surface area contributed by atoms with Crippen LogP contribution in [0.25, 0.3) is 11.1 Å². The molecule has 6 heteroatoms. The Morgan fingerprint density at radius 1 is 0.962 bits per heavy atom. The lowest BCUT2D eigenvalue weighted by molar-refractivity contribution is 0.341. The maximum Gasteiger partial charge on any atom is 0.159 e. The minimum atomic E-state index is -0.0795. The van der Waals surface area contributed by atoms with Crippen molar-refractivity contribution in [1.82, 2.24) is 0 Å². The largest absolute Gasteiger partial charge is 0.504 e. The van der Waals surface area contributed by atoms with Crippen LogP contribution in [0.2, 0.25) is 10.0 Å². The minimum absolute atomic E-state index is 0.0795. The highest BCUT2D eigenvalue weighted by Crippen LogP contribution is 2.44. The number of hydrogen-bond donors (Lipinski definition) is 2. The van der Waals surface area contributed by atoms with Crippen molar-refractivity contribution in [1.29, 1.82) is 0 Å². The molecule has 0 aliphatic heterocycles. The smallest absolute Gasteiger partial charge is 0.159 e. The number of phenols is 1. The van der Waals surface area contributed by atoms with Gasteiger partial charge in [0.15, 0.2) is 12.5 Å². The highest BCUT2D eigenvalue weighted by Gasteiger charge is 2.16. The zero-order valence-corrected chi connectivity index (χ0v) is 15.5. The van der Waals surface area contributed by atoms with E-state index in [1.54, 1.807) is 19.2 Å². The van der Waals surface area contributed by atoms with E-state index in [1.807, 2.05) is 48.5 Å². The van der Waals surface area contributed by atoms with Crippen LogP contribution in [-0.2, 0) is 0 Å². The summed E-state index contributed by atoms with van der Waals surface area (Å²) in [5.74, 6) is 1.25. The first-order chi connectivity index (χ1) is 12.6. The molecule has 0 fully saturated rings. The molecule has 0 saturated heterocycles. The molecule has 4 nitrogen and oxygen atoms in total. The van der Waals surface area contributed by atoms with E-state index in [4.69, 9.17) is 32.7 Å². The quantitative estimate of drug-likeness (QED) is 0.411. The van der Waals surface area contributed by atoms with Crippen molar-refractivity contribution in [3.8, 4) is 28.4 Å². The van der Waals surface area contributed by atoms with Crippen LogP contribution in [0.5, 0.6) is 17.2 Å². The van der Waals surface area contributed by atoms with Crippen molar-refractivity contribution in [2.75, 3.05) is 19.2 Å². The molecule has 0 unspecified atom stereocenters. The van der Waals surface area contributed by atoms with Crippen LogP contribution >= 0.6 is 23.2 Å². The SMILES string of the molecule is COc1cccc(OCNc2cc(Cl)c(-c3ccccc3)c(Cl)c2O)c1. The Balaban J connectivity index is 1.77. The number of hydrogen-bond acceptors (Lipinski definition) is 4. The van der Waals surface area contributed by atoms with Crippen LogP contribution in [0.15, 0.2) is 60.7 Å². The minimum Gasteiger partial charge on any atom is -0.504 e. The van der Waals surface area contributed by atoms with E-state index in [1.165, 1.54) is 0 Å². The summed E-state index contributed by atoms with van der Waals surface area (Å²) < 4.78 is 10.8. The van der Waals surface area contributed by atoms with Crippen molar-refractivity contribution < 1.29 is 14.6 Å². The molecule has 26 heavy (non-hydrogen) atoms. The molecule has 0 saturated carbocycles. The van der Waals surface area contributed by atoms with E-state index in [0.29, 0.717) is 27.8 Å². The lowest BCUT2D eigenvalue weighted by atomic mass is 10.0. The summed E-state index contributed by atoms with van der Waals surface area (Å²) in [6, 6.07) is 18.3. The fourth-order valence-electron chi connectivity index (χ4n) is 2.50. The first-order valence-corrected chi connectivity index (χ1v) is 8.63. The predicted molar refractivity (Wildman–Crippen MR) is 106 cm³/mol. The standard InChI is InChI=1S/C20H17Cl2NO3/c1-25-14-8-5-9-15(10-14)26-12-23-17-11-16(21)18(19(22)20(17)24)13-6-3-2-4-7-13/h2-11,23-24H,12H2,1H3. The topological polar surface area (TPSA) is 50.7 Å². The average Bonchev–Trinajstić information content (AvgIpc) is 2.67. The van der Waals surface area contributed by atoms with Gasteiger partial charge >= 0.3 is 0 Å². The number of ether oxygens (including phenoxy) is 2. The molecule has 0 spiro atoms. The third kappa shape index (κ3) is 3.98. The second kappa shape index (κ2) is 8.21. The molecule has 0 heterocycles. The van der Waals surface area contributed by atoms with Crippen molar-refractivity contribution >= 4 is 28.9 Å². The van der Waals surface area contributed by atoms with Gasteiger partial charge in [-0.2, -0.15) is 0 Å². The van der Waals surface area contributed by atoms with Gasteiger partial charge in [0.1, 0.15) is 11.5 Å². The first-order valence-electron chi connectivity index (χ1n) is 7.87. The Kier molecular flexibility index (Phi) is 5.76. The summed E-state index contributed by atoms with van der Waals surface area (Å²) in [6.45, 7) is 0.123. The fourth-order valence-corrected chi connectivity index (χ4v) is 3.17. The molecule has 134 valence electrons. The molecule has 0 radical (unpaired) electrons. The number of nitrogens with one attached hydrogen (secondary N) is 1. The second-order valence-corrected chi connectivity index (χ2v) is 6.24. The van der Waals surface area contributed by atoms with Gasteiger partial charge < -0.3 is 19.9 Å². The highest BCUT2D eigenvalue weighted by molar-refractivity contribution is 6.40.